The van der Waals surface area contributed by atoms with E-state index >= 15 is 0 Å². The number of aromatic nitrogens is 1. The number of halogens is 2. The topological polar surface area (TPSA) is 56.0 Å². The predicted molar refractivity (Wildman–Crippen MR) is 102 cm³/mol. The molecule has 0 saturated carbocycles. The van der Waals surface area contributed by atoms with E-state index in [1.165, 1.54) is 11.3 Å². The minimum Gasteiger partial charge on any atom is -0.397 e. The van der Waals surface area contributed by atoms with Gasteiger partial charge in [0, 0.05) is 21.7 Å². The van der Waals surface area contributed by atoms with Crippen molar-refractivity contribution in [3.63, 3.8) is 0 Å². The Morgan fingerprint density at radius 2 is 2.00 bits per heavy atom. The molecule has 0 bridgehead atoms. The molecule has 6 heteroatoms. The SMILES string of the molecule is CC(C)Cc1ccc2c(N)c(C(=O)c3ccc(Cl)cc3Cl)sc2n1. The second-order valence-corrected chi connectivity index (χ2v) is 7.89. The molecule has 0 saturated heterocycles. The first-order valence-corrected chi connectivity index (χ1v) is 9.11. The molecular formula is C18H16Cl2N2OS. The van der Waals surface area contributed by atoms with E-state index in [1.54, 1.807) is 18.2 Å². The zero-order valence-corrected chi connectivity index (χ0v) is 15.6. The summed E-state index contributed by atoms with van der Waals surface area (Å²) < 4.78 is 0. The standard InChI is InChI=1S/C18H16Cl2N2OS/c1-9(2)7-11-4-6-13-15(21)17(24-18(13)22-11)16(23)12-5-3-10(19)8-14(12)20/h3-6,8-9H,7,21H2,1-2H3. The highest BCUT2D eigenvalue weighted by molar-refractivity contribution is 7.21. The van der Waals surface area contributed by atoms with Crippen LogP contribution >= 0.6 is 34.5 Å². The molecule has 0 aliphatic carbocycles. The Bertz CT molecular complexity index is 934. The number of pyridine rings is 1. The second kappa shape index (κ2) is 6.71. The summed E-state index contributed by atoms with van der Waals surface area (Å²) in [7, 11) is 0. The highest BCUT2D eigenvalue weighted by Gasteiger charge is 2.21. The van der Waals surface area contributed by atoms with E-state index in [0.717, 1.165) is 22.3 Å². The van der Waals surface area contributed by atoms with E-state index in [2.05, 4.69) is 18.8 Å². The molecule has 1 aromatic carbocycles. The van der Waals surface area contributed by atoms with Gasteiger partial charge in [0.25, 0.3) is 0 Å². The first kappa shape index (κ1) is 17.2. The van der Waals surface area contributed by atoms with Gasteiger partial charge in [-0.2, -0.15) is 0 Å². The van der Waals surface area contributed by atoms with Gasteiger partial charge in [-0.25, -0.2) is 4.98 Å². The molecule has 0 aliphatic heterocycles. The minimum atomic E-state index is -0.206. The van der Waals surface area contributed by atoms with Gasteiger partial charge in [0.1, 0.15) is 9.71 Å². The fourth-order valence-electron chi connectivity index (χ4n) is 2.53. The number of nitrogens with zero attached hydrogens (tertiary/aromatic N) is 1. The maximum Gasteiger partial charge on any atom is 0.206 e. The quantitative estimate of drug-likeness (QED) is 0.599. The van der Waals surface area contributed by atoms with Gasteiger partial charge in [-0.1, -0.05) is 37.0 Å². The van der Waals surface area contributed by atoms with Crippen LogP contribution in [0.4, 0.5) is 5.69 Å². The van der Waals surface area contributed by atoms with Crippen molar-refractivity contribution < 1.29 is 4.79 Å². The highest BCUT2D eigenvalue weighted by Crippen LogP contribution is 2.35. The van der Waals surface area contributed by atoms with Crippen molar-refractivity contribution in [3.05, 3.63) is 56.5 Å². The smallest absolute Gasteiger partial charge is 0.206 e. The number of hydrogen-bond donors (Lipinski definition) is 1. The molecule has 0 unspecified atom stereocenters. The van der Waals surface area contributed by atoms with Crippen LogP contribution in [0.25, 0.3) is 10.2 Å². The van der Waals surface area contributed by atoms with E-state index in [4.69, 9.17) is 28.9 Å². The molecule has 3 rings (SSSR count). The number of fused-ring (bicyclic) bond motifs is 1. The van der Waals surface area contributed by atoms with Crippen molar-refractivity contribution >= 4 is 56.2 Å². The number of benzene rings is 1. The lowest BCUT2D eigenvalue weighted by Gasteiger charge is -2.03. The summed E-state index contributed by atoms with van der Waals surface area (Å²) in [6.07, 6.45) is 0.889. The Morgan fingerprint density at radius 3 is 2.67 bits per heavy atom. The average Bonchev–Trinajstić information content (AvgIpc) is 2.82. The molecule has 2 heterocycles. The van der Waals surface area contributed by atoms with Gasteiger partial charge in [0.2, 0.25) is 5.78 Å². The van der Waals surface area contributed by atoms with Crippen LogP contribution in [0, 0.1) is 5.92 Å². The van der Waals surface area contributed by atoms with E-state index in [-0.39, 0.29) is 5.78 Å². The van der Waals surface area contributed by atoms with Crippen molar-refractivity contribution in [3.8, 4) is 0 Å². The summed E-state index contributed by atoms with van der Waals surface area (Å²) in [5, 5.41) is 1.61. The minimum absolute atomic E-state index is 0.206. The van der Waals surface area contributed by atoms with E-state index in [9.17, 15) is 4.79 Å². The van der Waals surface area contributed by atoms with Crippen LogP contribution in [0.3, 0.4) is 0 Å². The maximum atomic E-state index is 12.8. The summed E-state index contributed by atoms with van der Waals surface area (Å²) in [5.74, 6) is 0.309. The lowest BCUT2D eigenvalue weighted by molar-refractivity contribution is 0.104. The van der Waals surface area contributed by atoms with Crippen LogP contribution in [0.15, 0.2) is 30.3 Å². The summed E-state index contributed by atoms with van der Waals surface area (Å²) in [5.41, 5.74) is 8.03. The zero-order chi connectivity index (χ0) is 17.4. The molecule has 3 nitrogen and oxygen atoms in total. The second-order valence-electron chi connectivity index (χ2n) is 6.05. The van der Waals surface area contributed by atoms with Crippen molar-refractivity contribution in [2.45, 2.75) is 20.3 Å². The van der Waals surface area contributed by atoms with Gasteiger partial charge in [-0.3, -0.25) is 4.79 Å². The first-order chi connectivity index (χ1) is 11.4. The van der Waals surface area contributed by atoms with Crippen LogP contribution in [-0.4, -0.2) is 10.8 Å². The number of nitrogen functional groups attached to an aromatic ring is 1. The van der Waals surface area contributed by atoms with Gasteiger partial charge < -0.3 is 5.73 Å². The number of carbonyl (C=O) groups excluding carboxylic acids is 1. The Labute approximate surface area is 154 Å². The third-order valence-electron chi connectivity index (χ3n) is 3.65. The fourth-order valence-corrected chi connectivity index (χ4v) is 4.09. The summed E-state index contributed by atoms with van der Waals surface area (Å²) >= 11 is 13.3. The Morgan fingerprint density at radius 1 is 1.25 bits per heavy atom. The largest absolute Gasteiger partial charge is 0.397 e. The molecule has 124 valence electrons. The van der Waals surface area contributed by atoms with E-state index < -0.39 is 0 Å². The Kier molecular flexibility index (Phi) is 4.81. The van der Waals surface area contributed by atoms with Gasteiger partial charge in [-0.05, 0) is 42.7 Å². The molecular weight excluding hydrogens is 363 g/mol. The summed E-state index contributed by atoms with van der Waals surface area (Å²) in [6, 6.07) is 8.72. The van der Waals surface area contributed by atoms with Crippen LogP contribution in [0.5, 0.6) is 0 Å². The van der Waals surface area contributed by atoms with E-state index in [0.29, 0.717) is 32.1 Å². The van der Waals surface area contributed by atoms with Crippen LogP contribution in [0.2, 0.25) is 10.0 Å². The maximum absolute atomic E-state index is 12.8. The monoisotopic (exact) mass is 378 g/mol. The van der Waals surface area contributed by atoms with Gasteiger partial charge >= 0.3 is 0 Å². The van der Waals surface area contributed by atoms with Gasteiger partial charge in [0.15, 0.2) is 0 Å². The van der Waals surface area contributed by atoms with Crippen LogP contribution < -0.4 is 5.73 Å². The molecule has 0 atom stereocenters. The molecule has 0 spiro atoms. The molecule has 2 aromatic heterocycles. The van der Waals surface area contributed by atoms with Crippen molar-refractivity contribution in [1.29, 1.82) is 0 Å². The molecule has 2 N–H and O–H groups in total. The van der Waals surface area contributed by atoms with Gasteiger partial charge in [0.05, 0.1) is 10.7 Å². The molecule has 0 aliphatic rings. The van der Waals surface area contributed by atoms with Crippen LogP contribution in [0.1, 0.15) is 34.8 Å². The highest BCUT2D eigenvalue weighted by atomic mass is 35.5. The normalized spacial score (nSPS) is 11.4. The third-order valence-corrected chi connectivity index (χ3v) is 5.31. The summed E-state index contributed by atoms with van der Waals surface area (Å²) in [6.45, 7) is 4.29. The number of hydrogen-bond acceptors (Lipinski definition) is 4. The number of carbonyl (C=O) groups is 1. The Hall–Kier alpha value is -1.62. The molecule has 0 radical (unpaired) electrons. The van der Waals surface area contributed by atoms with Crippen molar-refractivity contribution in [2.75, 3.05) is 5.73 Å². The zero-order valence-electron chi connectivity index (χ0n) is 13.3. The molecule has 3 aromatic rings. The van der Waals surface area contributed by atoms with Crippen LogP contribution in [-0.2, 0) is 6.42 Å². The van der Waals surface area contributed by atoms with E-state index in [1.807, 2.05) is 12.1 Å². The predicted octanol–water partition coefficient (Wildman–Crippen LogP) is 5.61. The van der Waals surface area contributed by atoms with Crippen molar-refractivity contribution in [1.82, 2.24) is 4.98 Å². The molecule has 0 amide bonds. The van der Waals surface area contributed by atoms with Crippen molar-refractivity contribution in [2.24, 2.45) is 5.92 Å². The lowest BCUT2D eigenvalue weighted by atomic mass is 10.1. The number of ketones is 1. The lowest BCUT2D eigenvalue weighted by Crippen LogP contribution is -2.02. The number of rotatable bonds is 4. The number of anilines is 1. The first-order valence-electron chi connectivity index (χ1n) is 7.54. The molecule has 24 heavy (non-hydrogen) atoms. The third kappa shape index (κ3) is 3.27. The Balaban J connectivity index is 2.05. The number of nitrogens with two attached hydrogens (primary N) is 1. The fraction of sp³-hybridized carbons (Fsp3) is 0.222. The van der Waals surface area contributed by atoms with Gasteiger partial charge in [-0.15, -0.1) is 11.3 Å². The molecule has 0 fully saturated rings. The number of thiophene rings is 1. The average molecular weight is 379 g/mol. The summed E-state index contributed by atoms with van der Waals surface area (Å²) in [4.78, 5) is 18.7.